The van der Waals surface area contributed by atoms with Gasteiger partial charge in [0.05, 0.1) is 6.61 Å². The minimum absolute atomic E-state index is 0.0205. The summed E-state index contributed by atoms with van der Waals surface area (Å²) < 4.78 is 5.69. The molecule has 0 saturated heterocycles. The molecule has 2 aromatic rings. The Labute approximate surface area is 134 Å². The summed E-state index contributed by atoms with van der Waals surface area (Å²) in [6, 6.07) is 13.2. The SMILES string of the molecule is OCCNCC1c2ccccc2OC(O)c2cc(Cl)ccc21. The topological polar surface area (TPSA) is 61.7 Å². The smallest absolute Gasteiger partial charge is 0.224 e. The van der Waals surface area contributed by atoms with Crippen molar-refractivity contribution in [3.63, 3.8) is 0 Å². The first-order chi connectivity index (χ1) is 10.7. The molecule has 3 N–H and O–H groups in total. The summed E-state index contributed by atoms with van der Waals surface area (Å²) in [5.74, 6) is 0.685. The molecule has 22 heavy (non-hydrogen) atoms. The molecule has 0 amide bonds. The van der Waals surface area contributed by atoms with E-state index in [1.807, 2.05) is 36.4 Å². The molecule has 0 radical (unpaired) electrons. The fraction of sp³-hybridized carbons (Fsp3) is 0.294. The molecule has 0 spiro atoms. The molecule has 0 aliphatic carbocycles. The van der Waals surface area contributed by atoms with Crippen LogP contribution in [0.1, 0.15) is 28.9 Å². The molecule has 116 valence electrons. The monoisotopic (exact) mass is 319 g/mol. The summed E-state index contributed by atoms with van der Waals surface area (Å²) >= 11 is 6.07. The molecular formula is C17H18ClNO3. The second kappa shape index (κ2) is 6.67. The van der Waals surface area contributed by atoms with Crippen molar-refractivity contribution < 1.29 is 14.9 Å². The van der Waals surface area contributed by atoms with Crippen LogP contribution < -0.4 is 10.1 Å². The molecule has 4 nitrogen and oxygen atoms in total. The van der Waals surface area contributed by atoms with E-state index in [0.717, 1.165) is 11.1 Å². The molecule has 1 heterocycles. The Morgan fingerprint density at radius 2 is 1.91 bits per heavy atom. The summed E-state index contributed by atoms with van der Waals surface area (Å²) in [6.07, 6.45) is -1.04. The van der Waals surface area contributed by atoms with Crippen molar-refractivity contribution in [3.8, 4) is 5.75 Å². The van der Waals surface area contributed by atoms with E-state index in [2.05, 4.69) is 5.32 Å². The molecule has 0 saturated carbocycles. The minimum atomic E-state index is -1.04. The van der Waals surface area contributed by atoms with Crippen molar-refractivity contribution in [2.75, 3.05) is 19.7 Å². The van der Waals surface area contributed by atoms with Gasteiger partial charge in [-0.15, -0.1) is 0 Å². The van der Waals surface area contributed by atoms with E-state index >= 15 is 0 Å². The largest absolute Gasteiger partial charge is 0.460 e. The van der Waals surface area contributed by atoms with Gasteiger partial charge in [-0.1, -0.05) is 35.9 Å². The number of rotatable bonds is 4. The maximum atomic E-state index is 10.4. The molecule has 3 rings (SSSR count). The van der Waals surface area contributed by atoms with Crippen molar-refractivity contribution in [3.05, 3.63) is 64.2 Å². The van der Waals surface area contributed by atoms with Crippen LogP contribution in [0.25, 0.3) is 0 Å². The fourth-order valence-electron chi connectivity index (χ4n) is 2.85. The fourth-order valence-corrected chi connectivity index (χ4v) is 3.03. The highest BCUT2D eigenvalue weighted by atomic mass is 35.5. The lowest BCUT2D eigenvalue weighted by molar-refractivity contribution is -0.0188. The lowest BCUT2D eigenvalue weighted by Crippen LogP contribution is -2.25. The zero-order valence-corrected chi connectivity index (χ0v) is 12.8. The van der Waals surface area contributed by atoms with Gasteiger partial charge in [-0.05, 0) is 23.8 Å². The molecule has 1 aliphatic heterocycles. The predicted molar refractivity (Wildman–Crippen MR) is 85.3 cm³/mol. The van der Waals surface area contributed by atoms with E-state index in [1.54, 1.807) is 6.07 Å². The lowest BCUT2D eigenvalue weighted by Gasteiger charge is -2.19. The van der Waals surface area contributed by atoms with Gasteiger partial charge in [-0.3, -0.25) is 0 Å². The second-order valence-electron chi connectivity index (χ2n) is 5.26. The number of nitrogens with one attached hydrogen (secondary N) is 1. The zero-order valence-electron chi connectivity index (χ0n) is 12.0. The lowest BCUT2D eigenvalue weighted by atomic mass is 9.88. The molecule has 2 aromatic carbocycles. The average Bonchev–Trinajstić information content (AvgIpc) is 2.63. The third-order valence-electron chi connectivity index (χ3n) is 3.86. The Morgan fingerprint density at radius 3 is 2.73 bits per heavy atom. The summed E-state index contributed by atoms with van der Waals surface area (Å²) in [4.78, 5) is 0. The maximum absolute atomic E-state index is 10.4. The first-order valence-electron chi connectivity index (χ1n) is 7.25. The van der Waals surface area contributed by atoms with Crippen LogP contribution in [0.2, 0.25) is 5.02 Å². The van der Waals surface area contributed by atoms with E-state index in [4.69, 9.17) is 21.4 Å². The Bertz CT molecular complexity index is 662. The summed E-state index contributed by atoms with van der Waals surface area (Å²) in [5, 5.41) is 23.1. The van der Waals surface area contributed by atoms with Crippen LogP contribution >= 0.6 is 11.6 Å². The second-order valence-corrected chi connectivity index (χ2v) is 5.70. The van der Waals surface area contributed by atoms with Crippen LogP contribution in [0.15, 0.2) is 42.5 Å². The van der Waals surface area contributed by atoms with Crippen molar-refractivity contribution in [1.82, 2.24) is 5.32 Å². The number of aliphatic hydroxyl groups is 2. The van der Waals surface area contributed by atoms with Crippen molar-refractivity contribution in [2.45, 2.75) is 12.2 Å². The molecule has 0 bridgehead atoms. The number of para-hydroxylation sites is 1. The Hall–Kier alpha value is -1.59. The number of hydrogen-bond donors (Lipinski definition) is 3. The summed E-state index contributed by atoms with van der Waals surface area (Å²) in [7, 11) is 0. The molecule has 2 unspecified atom stereocenters. The third-order valence-corrected chi connectivity index (χ3v) is 4.10. The van der Waals surface area contributed by atoms with Crippen LogP contribution in [-0.2, 0) is 0 Å². The number of ether oxygens (including phenoxy) is 1. The van der Waals surface area contributed by atoms with E-state index in [9.17, 15) is 5.11 Å². The Kier molecular flexibility index (Phi) is 4.64. The highest BCUT2D eigenvalue weighted by Crippen LogP contribution is 2.40. The standard InChI is InChI=1S/C17H18ClNO3/c18-11-5-6-12-14(9-11)17(21)22-16-4-2-1-3-13(16)15(12)10-19-7-8-20/h1-6,9,15,17,19-21H,7-8,10H2. The minimum Gasteiger partial charge on any atom is -0.460 e. The van der Waals surface area contributed by atoms with Crippen LogP contribution in [-0.4, -0.2) is 29.9 Å². The number of aliphatic hydroxyl groups excluding tert-OH is 2. The van der Waals surface area contributed by atoms with Gasteiger partial charge in [0.1, 0.15) is 5.75 Å². The van der Waals surface area contributed by atoms with Crippen molar-refractivity contribution in [2.24, 2.45) is 0 Å². The van der Waals surface area contributed by atoms with Gasteiger partial charge < -0.3 is 20.3 Å². The Balaban J connectivity index is 2.07. The molecule has 1 aliphatic rings. The quantitative estimate of drug-likeness (QED) is 0.758. The highest BCUT2D eigenvalue weighted by molar-refractivity contribution is 6.30. The molecule has 0 fully saturated rings. The van der Waals surface area contributed by atoms with E-state index in [-0.39, 0.29) is 12.5 Å². The van der Waals surface area contributed by atoms with E-state index < -0.39 is 6.29 Å². The maximum Gasteiger partial charge on any atom is 0.224 e. The van der Waals surface area contributed by atoms with Crippen LogP contribution in [0.3, 0.4) is 0 Å². The summed E-state index contributed by atoms with van der Waals surface area (Å²) in [5.41, 5.74) is 2.67. The van der Waals surface area contributed by atoms with Gasteiger partial charge >= 0.3 is 0 Å². The first-order valence-corrected chi connectivity index (χ1v) is 7.63. The molecular weight excluding hydrogens is 302 g/mol. The van der Waals surface area contributed by atoms with Crippen LogP contribution in [0, 0.1) is 0 Å². The first kappa shape index (κ1) is 15.3. The highest BCUT2D eigenvalue weighted by Gasteiger charge is 2.28. The van der Waals surface area contributed by atoms with Gasteiger partial charge in [-0.25, -0.2) is 0 Å². The number of benzene rings is 2. The molecule has 5 heteroatoms. The van der Waals surface area contributed by atoms with Gasteiger partial charge in [0, 0.05) is 35.2 Å². The van der Waals surface area contributed by atoms with Crippen molar-refractivity contribution in [1.29, 1.82) is 0 Å². The zero-order chi connectivity index (χ0) is 15.5. The van der Waals surface area contributed by atoms with Crippen molar-refractivity contribution >= 4 is 11.6 Å². The predicted octanol–water partition coefficient (Wildman–Crippen LogP) is 2.44. The van der Waals surface area contributed by atoms with E-state index in [1.165, 1.54) is 0 Å². The molecule has 0 aromatic heterocycles. The van der Waals surface area contributed by atoms with Gasteiger partial charge in [0.25, 0.3) is 0 Å². The van der Waals surface area contributed by atoms with Gasteiger partial charge in [-0.2, -0.15) is 0 Å². The Morgan fingerprint density at radius 1 is 1.09 bits per heavy atom. The van der Waals surface area contributed by atoms with E-state index in [0.29, 0.717) is 29.4 Å². The van der Waals surface area contributed by atoms with Crippen LogP contribution in [0.5, 0.6) is 5.75 Å². The average molecular weight is 320 g/mol. The number of fused-ring (bicyclic) bond motifs is 2. The van der Waals surface area contributed by atoms with Gasteiger partial charge in [0.2, 0.25) is 6.29 Å². The number of halogens is 1. The normalized spacial score (nSPS) is 19.8. The number of hydrogen-bond acceptors (Lipinski definition) is 4. The van der Waals surface area contributed by atoms with Crippen LogP contribution in [0.4, 0.5) is 0 Å². The summed E-state index contributed by atoms with van der Waals surface area (Å²) in [6.45, 7) is 1.24. The van der Waals surface area contributed by atoms with Gasteiger partial charge in [0.15, 0.2) is 0 Å². The molecule has 2 atom stereocenters. The third kappa shape index (κ3) is 2.96.